The van der Waals surface area contributed by atoms with Crippen molar-refractivity contribution in [3.63, 3.8) is 0 Å². The molecular formula is C24H21NO7S2. The smallest absolute Gasteiger partial charge is 0.239 e. The third-order valence-electron chi connectivity index (χ3n) is 5.41. The number of sulfone groups is 1. The van der Waals surface area contributed by atoms with Crippen molar-refractivity contribution in [2.75, 3.05) is 12.9 Å². The molecule has 4 rings (SSSR count). The molecule has 0 aliphatic heterocycles. The molecule has 0 bridgehead atoms. The molecule has 34 heavy (non-hydrogen) atoms. The number of fused-ring (bicyclic) bond motifs is 1. The normalized spacial score (nSPS) is 12.1. The van der Waals surface area contributed by atoms with E-state index in [2.05, 4.69) is 0 Å². The molecule has 1 heterocycles. The Labute approximate surface area is 196 Å². The zero-order valence-electron chi connectivity index (χ0n) is 18.3. The maximum atomic E-state index is 13.0. The van der Waals surface area contributed by atoms with E-state index in [1.165, 1.54) is 25.3 Å². The van der Waals surface area contributed by atoms with E-state index in [0.717, 1.165) is 17.5 Å². The van der Waals surface area contributed by atoms with Crippen LogP contribution in [0.3, 0.4) is 0 Å². The zero-order valence-corrected chi connectivity index (χ0v) is 19.9. The second kappa shape index (κ2) is 8.71. The average Bonchev–Trinajstić information content (AvgIpc) is 3.22. The van der Waals surface area contributed by atoms with Gasteiger partial charge in [0.25, 0.3) is 0 Å². The van der Waals surface area contributed by atoms with Crippen molar-refractivity contribution < 1.29 is 30.8 Å². The molecule has 0 unspecified atom stereocenters. The number of carbonyl (C=O) groups excluding carboxylic acids is 1. The highest BCUT2D eigenvalue weighted by Gasteiger charge is 2.28. The number of ether oxygens (including phenoxy) is 1. The van der Waals surface area contributed by atoms with Crippen LogP contribution in [0.4, 0.5) is 0 Å². The van der Waals surface area contributed by atoms with E-state index >= 15 is 0 Å². The number of ketones is 1. The van der Waals surface area contributed by atoms with Gasteiger partial charge >= 0.3 is 0 Å². The average molecular weight is 500 g/mol. The summed E-state index contributed by atoms with van der Waals surface area (Å²) in [5.74, 6) is -0.744. The van der Waals surface area contributed by atoms with Gasteiger partial charge in [-0.1, -0.05) is 36.4 Å². The molecule has 4 aromatic rings. The number of Topliss-reactive ketones (excluding diaryl/α,β-unsaturated/α-hetero) is 1. The second-order valence-electron chi connectivity index (χ2n) is 7.64. The van der Waals surface area contributed by atoms with E-state index in [4.69, 9.17) is 14.3 Å². The third kappa shape index (κ3) is 4.35. The number of rotatable bonds is 7. The predicted molar refractivity (Wildman–Crippen MR) is 127 cm³/mol. The van der Waals surface area contributed by atoms with Gasteiger partial charge in [-0.15, -0.1) is 0 Å². The number of sulfonamides is 1. The molecule has 2 N–H and O–H groups in total. The van der Waals surface area contributed by atoms with Crippen molar-refractivity contribution in [1.29, 1.82) is 0 Å². The monoisotopic (exact) mass is 499 g/mol. The molecule has 0 atom stereocenters. The SMILES string of the molecule is COc1c(-c2cc3ccccc3o2)ccc(C(=O)CS(=O)(=O)c2ccccc2S(N)(=O)=O)c1C. The van der Waals surface area contributed by atoms with Gasteiger partial charge in [-0.2, -0.15) is 0 Å². The van der Waals surface area contributed by atoms with Crippen LogP contribution in [-0.4, -0.2) is 35.5 Å². The number of benzene rings is 3. The van der Waals surface area contributed by atoms with Gasteiger partial charge in [-0.05, 0) is 37.3 Å². The number of furan rings is 1. The molecule has 10 heteroatoms. The number of hydrogen-bond donors (Lipinski definition) is 1. The molecule has 1 aromatic heterocycles. The molecule has 0 radical (unpaired) electrons. The molecule has 8 nitrogen and oxygen atoms in total. The summed E-state index contributed by atoms with van der Waals surface area (Å²) in [4.78, 5) is 12.0. The molecule has 176 valence electrons. The summed E-state index contributed by atoms with van der Waals surface area (Å²) in [6.45, 7) is 1.64. The summed E-state index contributed by atoms with van der Waals surface area (Å²) < 4.78 is 61.0. The Bertz CT molecular complexity index is 1600. The van der Waals surface area contributed by atoms with E-state index in [0.29, 0.717) is 28.2 Å². The highest BCUT2D eigenvalue weighted by Crippen LogP contribution is 2.38. The van der Waals surface area contributed by atoms with Gasteiger partial charge in [-0.25, -0.2) is 22.0 Å². The van der Waals surface area contributed by atoms with Crippen LogP contribution in [0.25, 0.3) is 22.3 Å². The van der Waals surface area contributed by atoms with Gasteiger partial charge < -0.3 is 9.15 Å². The van der Waals surface area contributed by atoms with Crippen molar-refractivity contribution in [2.24, 2.45) is 5.14 Å². The number of carbonyl (C=O) groups is 1. The molecule has 0 saturated heterocycles. The molecule has 0 saturated carbocycles. The van der Waals surface area contributed by atoms with Gasteiger partial charge in [0.2, 0.25) is 10.0 Å². The van der Waals surface area contributed by atoms with Crippen LogP contribution in [-0.2, 0) is 19.9 Å². The standard InChI is InChI=1S/C24H21NO7S2/c1-15-17(19(26)14-33(27,28)22-9-5-6-10-23(22)34(25,29)30)11-12-18(24(15)31-2)21-13-16-7-3-4-8-20(16)32-21/h3-13H,14H2,1-2H3,(H2,25,29,30). The van der Waals surface area contributed by atoms with E-state index < -0.39 is 41.2 Å². The quantitative estimate of drug-likeness (QED) is 0.383. The van der Waals surface area contributed by atoms with Crippen LogP contribution >= 0.6 is 0 Å². The summed E-state index contributed by atoms with van der Waals surface area (Å²) >= 11 is 0. The van der Waals surface area contributed by atoms with E-state index in [9.17, 15) is 21.6 Å². The fourth-order valence-electron chi connectivity index (χ4n) is 3.84. The number of nitrogens with two attached hydrogens (primary N) is 1. The van der Waals surface area contributed by atoms with Crippen molar-refractivity contribution in [2.45, 2.75) is 16.7 Å². The zero-order chi connectivity index (χ0) is 24.7. The molecule has 0 aliphatic rings. The van der Waals surface area contributed by atoms with Crippen molar-refractivity contribution in [3.05, 3.63) is 77.9 Å². The lowest BCUT2D eigenvalue weighted by molar-refractivity contribution is 0.102. The third-order valence-corrected chi connectivity index (χ3v) is 8.18. The number of hydrogen-bond acceptors (Lipinski definition) is 7. The Morgan fingerprint density at radius 3 is 2.24 bits per heavy atom. The maximum absolute atomic E-state index is 13.0. The Morgan fingerprint density at radius 2 is 1.59 bits per heavy atom. The van der Waals surface area contributed by atoms with Crippen LogP contribution in [0.5, 0.6) is 5.75 Å². The van der Waals surface area contributed by atoms with Crippen molar-refractivity contribution in [1.82, 2.24) is 0 Å². The van der Waals surface area contributed by atoms with Gasteiger partial charge in [-0.3, -0.25) is 4.79 Å². The summed E-state index contributed by atoms with van der Waals surface area (Å²) in [6, 6.07) is 17.4. The van der Waals surface area contributed by atoms with Gasteiger partial charge in [0.05, 0.1) is 17.6 Å². The maximum Gasteiger partial charge on any atom is 0.239 e. The first-order valence-corrected chi connectivity index (χ1v) is 13.3. The largest absolute Gasteiger partial charge is 0.496 e. The predicted octanol–water partition coefficient (Wildman–Crippen LogP) is 3.72. The summed E-state index contributed by atoms with van der Waals surface area (Å²) in [5.41, 5.74) is 1.86. The molecule has 0 spiro atoms. The summed E-state index contributed by atoms with van der Waals surface area (Å²) in [6.07, 6.45) is 0. The number of para-hydroxylation sites is 1. The van der Waals surface area contributed by atoms with E-state index in [1.807, 2.05) is 30.3 Å². The number of methoxy groups -OCH3 is 1. The molecular weight excluding hydrogens is 478 g/mol. The Hall–Kier alpha value is -3.47. The Balaban J connectivity index is 1.72. The van der Waals surface area contributed by atoms with Gasteiger partial charge in [0.15, 0.2) is 15.6 Å². The lowest BCUT2D eigenvalue weighted by atomic mass is 9.99. The second-order valence-corrected chi connectivity index (χ2v) is 11.1. The van der Waals surface area contributed by atoms with E-state index in [-0.39, 0.29) is 5.56 Å². The van der Waals surface area contributed by atoms with Gasteiger partial charge in [0, 0.05) is 16.5 Å². The first-order chi connectivity index (χ1) is 16.0. The van der Waals surface area contributed by atoms with Gasteiger partial charge in [0.1, 0.15) is 27.7 Å². The minimum atomic E-state index is -4.31. The molecule has 0 aliphatic carbocycles. The minimum Gasteiger partial charge on any atom is -0.496 e. The van der Waals surface area contributed by atoms with Crippen LogP contribution in [0.15, 0.2) is 80.9 Å². The first kappa shape index (κ1) is 23.7. The number of primary sulfonamides is 1. The lowest BCUT2D eigenvalue weighted by Crippen LogP contribution is -2.22. The van der Waals surface area contributed by atoms with Crippen molar-refractivity contribution in [3.8, 4) is 17.1 Å². The lowest BCUT2D eigenvalue weighted by Gasteiger charge is -2.14. The Morgan fingerprint density at radius 1 is 0.941 bits per heavy atom. The molecule has 3 aromatic carbocycles. The van der Waals surface area contributed by atoms with E-state index in [1.54, 1.807) is 13.0 Å². The highest BCUT2D eigenvalue weighted by atomic mass is 32.2. The fourth-order valence-corrected chi connectivity index (χ4v) is 6.50. The fraction of sp³-hybridized carbons (Fsp3) is 0.125. The Kier molecular flexibility index (Phi) is 6.07. The first-order valence-electron chi connectivity index (χ1n) is 10.1. The van der Waals surface area contributed by atoms with Crippen molar-refractivity contribution >= 4 is 36.6 Å². The molecule has 0 fully saturated rings. The van der Waals surface area contributed by atoms with Crippen LogP contribution < -0.4 is 9.88 Å². The van der Waals surface area contributed by atoms with Crippen LogP contribution in [0.2, 0.25) is 0 Å². The summed E-state index contributed by atoms with van der Waals surface area (Å²) in [5, 5.41) is 6.06. The van der Waals surface area contributed by atoms with Crippen LogP contribution in [0, 0.1) is 6.92 Å². The topological polar surface area (TPSA) is 134 Å². The summed E-state index contributed by atoms with van der Waals surface area (Å²) in [7, 11) is -7.16. The highest BCUT2D eigenvalue weighted by molar-refractivity contribution is 7.94. The van der Waals surface area contributed by atoms with Crippen LogP contribution in [0.1, 0.15) is 15.9 Å². The minimum absolute atomic E-state index is 0.133. The molecule has 0 amide bonds.